The van der Waals surface area contributed by atoms with Crippen molar-refractivity contribution in [2.75, 3.05) is 11.8 Å². The Labute approximate surface area is 185 Å². The van der Waals surface area contributed by atoms with Crippen molar-refractivity contribution < 1.29 is 22.9 Å². The fourth-order valence-electron chi connectivity index (χ4n) is 3.06. The second-order valence-corrected chi connectivity index (χ2v) is 8.50. The van der Waals surface area contributed by atoms with Gasteiger partial charge >= 0.3 is 0 Å². The molecule has 9 nitrogen and oxygen atoms in total. The second kappa shape index (κ2) is 9.48. The van der Waals surface area contributed by atoms with Crippen LogP contribution in [0.2, 0.25) is 0 Å². The number of ether oxygens (including phenoxy) is 1. The molecule has 2 N–H and O–H groups in total. The van der Waals surface area contributed by atoms with E-state index < -0.39 is 31.4 Å². The highest BCUT2D eigenvalue weighted by Gasteiger charge is 2.25. The lowest BCUT2D eigenvalue weighted by Gasteiger charge is -2.17. The van der Waals surface area contributed by atoms with Crippen LogP contribution in [-0.4, -0.2) is 26.4 Å². The minimum absolute atomic E-state index is 0.0267. The van der Waals surface area contributed by atoms with Gasteiger partial charge in [-0.05, 0) is 30.7 Å². The van der Waals surface area contributed by atoms with E-state index >= 15 is 0 Å². The van der Waals surface area contributed by atoms with Crippen LogP contribution in [0.3, 0.4) is 0 Å². The van der Waals surface area contributed by atoms with Crippen LogP contribution in [0.4, 0.5) is 11.4 Å². The number of methoxy groups -OCH3 is 1. The van der Waals surface area contributed by atoms with Gasteiger partial charge in [-0.2, -0.15) is 0 Å². The van der Waals surface area contributed by atoms with E-state index in [1.54, 1.807) is 12.1 Å². The lowest BCUT2D eigenvalue weighted by Crippen LogP contribution is -2.28. The molecule has 3 rings (SSSR count). The van der Waals surface area contributed by atoms with E-state index in [-0.39, 0.29) is 23.0 Å². The SMILES string of the molecule is COc1ccc([N+](=O)[O-])cc1S(=O)(=O)Nc1ccccc1C(=O)NC(C)c1ccccc1. The predicted octanol–water partition coefficient (Wildman–Crippen LogP) is 3.90. The van der Waals surface area contributed by atoms with Crippen LogP contribution < -0.4 is 14.8 Å². The lowest BCUT2D eigenvalue weighted by molar-refractivity contribution is -0.385. The molecule has 32 heavy (non-hydrogen) atoms. The minimum Gasteiger partial charge on any atom is -0.495 e. The molecule has 0 radical (unpaired) electrons. The van der Waals surface area contributed by atoms with Crippen molar-refractivity contribution in [3.63, 3.8) is 0 Å². The highest BCUT2D eigenvalue weighted by atomic mass is 32.2. The van der Waals surface area contributed by atoms with Gasteiger partial charge in [-0.25, -0.2) is 8.42 Å². The normalized spacial score (nSPS) is 11.9. The third-order valence-corrected chi connectivity index (χ3v) is 6.10. The average molecular weight is 455 g/mol. The number of hydrogen-bond acceptors (Lipinski definition) is 6. The highest BCUT2D eigenvalue weighted by Crippen LogP contribution is 2.30. The van der Waals surface area contributed by atoms with Crippen molar-refractivity contribution in [1.29, 1.82) is 0 Å². The van der Waals surface area contributed by atoms with Gasteiger partial charge in [0.15, 0.2) is 0 Å². The topological polar surface area (TPSA) is 128 Å². The van der Waals surface area contributed by atoms with Gasteiger partial charge in [-0.1, -0.05) is 42.5 Å². The smallest absolute Gasteiger partial charge is 0.271 e. The van der Waals surface area contributed by atoms with Crippen molar-refractivity contribution in [1.82, 2.24) is 5.32 Å². The van der Waals surface area contributed by atoms with Gasteiger partial charge in [0, 0.05) is 12.1 Å². The monoisotopic (exact) mass is 455 g/mol. The molecule has 0 heterocycles. The van der Waals surface area contributed by atoms with E-state index in [1.807, 2.05) is 37.3 Å². The first kappa shape index (κ1) is 22.8. The zero-order chi connectivity index (χ0) is 23.3. The van der Waals surface area contributed by atoms with Crippen LogP contribution >= 0.6 is 0 Å². The molecule has 3 aromatic rings. The van der Waals surface area contributed by atoms with Crippen LogP contribution in [0.1, 0.15) is 28.9 Å². The maximum absolute atomic E-state index is 13.0. The fourth-order valence-corrected chi connectivity index (χ4v) is 4.33. The molecule has 1 amide bonds. The number of amides is 1. The summed E-state index contributed by atoms with van der Waals surface area (Å²) >= 11 is 0. The third-order valence-electron chi connectivity index (χ3n) is 4.71. The van der Waals surface area contributed by atoms with Crippen molar-refractivity contribution in [2.24, 2.45) is 0 Å². The van der Waals surface area contributed by atoms with Crippen LogP contribution in [0.5, 0.6) is 5.75 Å². The number of nitrogens with one attached hydrogen (secondary N) is 2. The molecule has 1 atom stereocenters. The van der Waals surface area contributed by atoms with Gasteiger partial charge in [-0.3, -0.25) is 19.6 Å². The van der Waals surface area contributed by atoms with E-state index in [4.69, 9.17) is 4.74 Å². The lowest BCUT2D eigenvalue weighted by atomic mass is 10.1. The van der Waals surface area contributed by atoms with Crippen molar-refractivity contribution in [3.05, 3.63) is 94.0 Å². The van der Waals surface area contributed by atoms with Crippen LogP contribution in [-0.2, 0) is 10.0 Å². The average Bonchev–Trinajstić information content (AvgIpc) is 2.79. The molecule has 0 aliphatic carbocycles. The van der Waals surface area contributed by atoms with E-state index in [1.165, 1.54) is 25.3 Å². The van der Waals surface area contributed by atoms with Gasteiger partial charge in [0.05, 0.1) is 29.3 Å². The predicted molar refractivity (Wildman–Crippen MR) is 119 cm³/mol. The number of nitro benzene ring substituents is 1. The van der Waals surface area contributed by atoms with E-state index in [9.17, 15) is 23.3 Å². The molecule has 0 aliphatic rings. The second-order valence-electron chi connectivity index (χ2n) is 6.85. The molecule has 0 aliphatic heterocycles. The number of anilines is 1. The summed E-state index contributed by atoms with van der Waals surface area (Å²) in [5.41, 5.74) is 0.608. The van der Waals surface area contributed by atoms with Gasteiger partial charge in [0.1, 0.15) is 10.6 Å². The summed E-state index contributed by atoms with van der Waals surface area (Å²) in [6.07, 6.45) is 0. The molecule has 0 bridgehead atoms. The molecule has 0 saturated carbocycles. The van der Waals surface area contributed by atoms with Gasteiger partial charge in [-0.15, -0.1) is 0 Å². The molecule has 166 valence electrons. The number of para-hydroxylation sites is 1. The van der Waals surface area contributed by atoms with Gasteiger partial charge < -0.3 is 10.1 Å². The number of carbonyl (C=O) groups is 1. The largest absolute Gasteiger partial charge is 0.495 e. The number of hydrogen-bond donors (Lipinski definition) is 2. The summed E-state index contributed by atoms with van der Waals surface area (Å²) in [5, 5.41) is 13.9. The maximum atomic E-state index is 13.0. The summed E-state index contributed by atoms with van der Waals surface area (Å²) in [7, 11) is -3.05. The Morgan fingerprint density at radius 1 is 1.03 bits per heavy atom. The summed E-state index contributed by atoms with van der Waals surface area (Å²) in [6.45, 7) is 1.81. The first-order valence-corrected chi connectivity index (χ1v) is 11.0. The molecule has 0 aromatic heterocycles. The number of rotatable bonds is 8. The molecule has 1 unspecified atom stereocenters. The Morgan fingerprint density at radius 3 is 2.34 bits per heavy atom. The summed E-state index contributed by atoms with van der Waals surface area (Å²) in [6, 6.07) is 18.3. The summed E-state index contributed by atoms with van der Waals surface area (Å²) < 4.78 is 33.5. The zero-order valence-corrected chi connectivity index (χ0v) is 18.1. The van der Waals surface area contributed by atoms with Gasteiger partial charge in [0.25, 0.3) is 21.6 Å². The first-order valence-electron chi connectivity index (χ1n) is 9.53. The standard InChI is InChI=1S/C22H21N3O6S/c1-15(16-8-4-3-5-9-16)23-22(26)18-10-6-7-11-19(18)24-32(29,30)21-14-17(25(27)28)12-13-20(21)31-2/h3-15,24H,1-2H3,(H,23,26). The molecule has 0 fully saturated rings. The van der Waals surface area contributed by atoms with Crippen molar-refractivity contribution in [3.8, 4) is 5.75 Å². The Kier molecular flexibility index (Phi) is 6.74. The van der Waals surface area contributed by atoms with Crippen LogP contribution in [0.15, 0.2) is 77.7 Å². The summed E-state index contributed by atoms with van der Waals surface area (Å²) in [5.74, 6) is -0.548. The Balaban J connectivity index is 1.91. The molecular formula is C22H21N3O6S. The number of nitrogens with zero attached hydrogens (tertiary/aromatic N) is 1. The molecule has 0 saturated heterocycles. The Bertz CT molecular complexity index is 1250. The zero-order valence-electron chi connectivity index (χ0n) is 17.3. The fraction of sp³-hybridized carbons (Fsp3) is 0.136. The summed E-state index contributed by atoms with van der Waals surface area (Å²) in [4.78, 5) is 22.9. The Morgan fingerprint density at radius 2 is 1.69 bits per heavy atom. The molecule has 3 aromatic carbocycles. The van der Waals surface area contributed by atoms with Crippen LogP contribution in [0.25, 0.3) is 0 Å². The third kappa shape index (κ3) is 5.03. The van der Waals surface area contributed by atoms with E-state index in [0.29, 0.717) is 0 Å². The van der Waals surface area contributed by atoms with Crippen molar-refractivity contribution >= 4 is 27.3 Å². The highest BCUT2D eigenvalue weighted by molar-refractivity contribution is 7.92. The molecule has 0 spiro atoms. The van der Waals surface area contributed by atoms with Crippen LogP contribution in [0, 0.1) is 10.1 Å². The van der Waals surface area contributed by atoms with E-state index in [2.05, 4.69) is 10.0 Å². The number of nitro groups is 1. The maximum Gasteiger partial charge on any atom is 0.271 e. The molecular weight excluding hydrogens is 434 g/mol. The first-order chi connectivity index (χ1) is 15.2. The number of carbonyl (C=O) groups excluding carboxylic acids is 1. The van der Waals surface area contributed by atoms with E-state index in [0.717, 1.165) is 17.7 Å². The van der Waals surface area contributed by atoms with Crippen molar-refractivity contribution in [2.45, 2.75) is 17.9 Å². The number of non-ortho nitro benzene ring substituents is 1. The minimum atomic E-state index is -4.31. The van der Waals surface area contributed by atoms with Gasteiger partial charge in [0.2, 0.25) is 0 Å². The molecule has 10 heteroatoms. The quantitative estimate of drug-likeness (QED) is 0.392. The number of benzene rings is 3. The Hall–Kier alpha value is -3.92. The number of sulfonamides is 1.